The van der Waals surface area contributed by atoms with E-state index in [1.165, 1.54) is 6.07 Å². The highest BCUT2D eigenvalue weighted by atomic mass is 19.4. The molecule has 0 spiro atoms. The van der Waals surface area contributed by atoms with Gasteiger partial charge >= 0.3 is 6.18 Å². The summed E-state index contributed by atoms with van der Waals surface area (Å²) in [6.07, 6.45) is -2.90. The molecule has 5 heteroatoms. The molecule has 0 bridgehead atoms. The number of benzene rings is 1. The maximum atomic E-state index is 12.5. The van der Waals surface area contributed by atoms with Gasteiger partial charge in [-0.25, -0.2) is 0 Å². The quantitative estimate of drug-likeness (QED) is 0.808. The van der Waals surface area contributed by atoms with E-state index in [-0.39, 0.29) is 18.0 Å². The highest BCUT2D eigenvalue weighted by molar-refractivity contribution is 5.30. The summed E-state index contributed by atoms with van der Waals surface area (Å²) in [5, 5.41) is 0. The van der Waals surface area contributed by atoms with Crippen LogP contribution in [0.5, 0.6) is 5.75 Å². The van der Waals surface area contributed by atoms with Gasteiger partial charge in [-0.3, -0.25) is 0 Å². The van der Waals surface area contributed by atoms with Crippen LogP contribution in [0.3, 0.4) is 0 Å². The van der Waals surface area contributed by atoms with E-state index >= 15 is 0 Å². The van der Waals surface area contributed by atoms with Crippen molar-refractivity contribution in [2.24, 2.45) is 0 Å². The molecular weight excluding hydrogens is 245 g/mol. The van der Waals surface area contributed by atoms with Gasteiger partial charge in [-0.2, -0.15) is 13.2 Å². The number of hydrogen-bond acceptors (Lipinski definition) is 2. The van der Waals surface area contributed by atoms with Gasteiger partial charge in [-0.15, -0.1) is 0 Å². The second kappa shape index (κ2) is 5.18. The molecule has 2 rings (SSSR count). The maximum Gasteiger partial charge on any atom is 0.416 e. The summed E-state index contributed by atoms with van der Waals surface area (Å²) in [6, 6.07) is 5.00. The zero-order valence-electron chi connectivity index (χ0n) is 10.0. The summed E-state index contributed by atoms with van der Waals surface area (Å²) in [4.78, 5) is 0. The van der Waals surface area contributed by atoms with Crippen molar-refractivity contribution in [2.75, 3.05) is 6.61 Å². The van der Waals surface area contributed by atoms with Crippen molar-refractivity contribution in [3.05, 3.63) is 29.8 Å². The van der Waals surface area contributed by atoms with Crippen molar-refractivity contribution in [1.82, 2.24) is 0 Å². The summed E-state index contributed by atoms with van der Waals surface area (Å²) < 4.78 is 48.5. The molecule has 1 aromatic carbocycles. The van der Waals surface area contributed by atoms with E-state index in [0.717, 1.165) is 12.1 Å². The third-order valence-electron chi connectivity index (χ3n) is 2.90. The van der Waals surface area contributed by atoms with Crippen LogP contribution >= 0.6 is 0 Å². The van der Waals surface area contributed by atoms with E-state index < -0.39 is 11.7 Å². The Morgan fingerprint density at radius 3 is 2.78 bits per heavy atom. The van der Waals surface area contributed by atoms with Gasteiger partial charge in [0, 0.05) is 12.8 Å². The van der Waals surface area contributed by atoms with E-state index in [2.05, 4.69) is 0 Å². The molecule has 1 fully saturated rings. The van der Waals surface area contributed by atoms with E-state index in [9.17, 15) is 13.2 Å². The van der Waals surface area contributed by atoms with Gasteiger partial charge in [0.1, 0.15) is 11.9 Å². The Morgan fingerprint density at radius 2 is 2.11 bits per heavy atom. The first kappa shape index (κ1) is 13.2. The number of hydrogen-bond donors (Lipinski definition) is 0. The molecular formula is C13H15F3O2. The predicted octanol–water partition coefficient (Wildman–Crippen LogP) is 3.65. The summed E-state index contributed by atoms with van der Waals surface area (Å²) in [5.41, 5.74) is -0.680. The Hall–Kier alpha value is -1.23. The van der Waals surface area contributed by atoms with Crippen LogP contribution < -0.4 is 4.74 Å². The second-order valence-corrected chi connectivity index (χ2v) is 4.47. The van der Waals surface area contributed by atoms with Crippen molar-refractivity contribution >= 4 is 0 Å². The van der Waals surface area contributed by atoms with Crippen molar-refractivity contribution in [3.8, 4) is 5.75 Å². The minimum absolute atomic E-state index is 0.0720. The fraction of sp³-hybridized carbons (Fsp3) is 0.538. The van der Waals surface area contributed by atoms with Crippen LogP contribution in [-0.4, -0.2) is 18.8 Å². The van der Waals surface area contributed by atoms with Crippen LogP contribution in [0.2, 0.25) is 0 Å². The lowest BCUT2D eigenvalue weighted by Crippen LogP contribution is -2.31. The van der Waals surface area contributed by atoms with Gasteiger partial charge in [-0.05, 0) is 25.1 Å². The van der Waals surface area contributed by atoms with Gasteiger partial charge in [-0.1, -0.05) is 6.07 Å². The Labute approximate surface area is 104 Å². The zero-order chi connectivity index (χ0) is 13.2. The minimum Gasteiger partial charge on any atom is -0.490 e. The lowest BCUT2D eigenvalue weighted by molar-refractivity contribution is -0.137. The summed E-state index contributed by atoms with van der Waals surface area (Å²) >= 11 is 0. The van der Waals surface area contributed by atoms with Crippen LogP contribution in [0.4, 0.5) is 13.2 Å². The minimum atomic E-state index is -4.33. The smallest absolute Gasteiger partial charge is 0.416 e. The lowest BCUT2D eigenvalue weighted by Gasteiger charge is -2.28. The van der Waals surface area contributed by atoms with E-state index in [1.54, 1.807) is 6.07 Å². The lowest BCUT2D eigenvalue weighted by atomic mass is 10.1. The third-order valence-corrected chi connectivity index (χ3v) is 2.90. The summed E-state index contributed by atoms with van der Waals surface area (Å²) in [5.74, 6) is 0.268. The molecule has 18 heavy (non-hydrogen) atoms. The molecule has 1 aliphatic heterocycles. The normalized spacial score (nSPS) is 24.9. The maximum absolute atomic E-state index is 12.5. The standard InChI is InChI=1S/C13H15F3O2/c1-9-7-12(5-6-17-9)18-11-4-2-3-10(8-11)13(14,15)16/h2-4,8-9,12H,5-7H2,1H3/t9-,12-/m0/s1. The first-order chi connectivity index (χ1) is 8.45. The third kappa shape index (κ3) is 3.38. The van der Waals surface area contributed by atoms with E-state index in [0.29, 0.717) is 19.4 Å². The van der Waals surface area contributed by atoms with Gasteiger partial charge in [0.25, 0.3) is 0 Å². The highest BCUT2D eigenvalue weighted by Gasteiger charge is 2.31. The van der Waals surface area contributed by atoms with Crippen molar-refractivity contribution < 1.29 is 22.6 Å². The van der Waals surface area contributed by atoms with Crippen LogP contribution in [0, 0.1) is 0 Å². The summed E-state index contributed by atoms with van der Waals surface area (Å²) in [6.45, 7) is 2.52. The van der Waals surface area contributed by atoms with Crippen LogP contribution in [-0.2, 0) is 10.9 Å². The Balaban J connectivity index is 2.05. The van der Waals surface area contributed by atoms with E-state index in [4.69, 9.17) is 9.47 Å². The molecule has 1 aromatic rings. The van der Waals surface area contributed by atoms with Gasteiger partial charge in [0.05, 0.1) is 18.3 Å². The first-order valence-corrected chi connectivity index (χ1v) is 5.90. The number of alkyl halides is 3. The van der Waals surface area contributed by atoms with Crippen molar-refractivity contribution in [2.45, 2.75) is 38.1 Å². The van der Waals surface area contributed by atoms with Crippen molar-refractivity contribution in [1.29, 1.82) is 0 Å². The average Bonchev–Trinajstić information content (AvgIpc) is 2.28. The fourth-order valence-electron chi connectivity index (χ4n) is 2.00. The second-order valence-electron chi connectivity index (χ2n) is 4.47. The highest BCUT2D eigenvalue weighted by Crippen LogP contribution is 2.32. The largest absolute Gasteiger partial charge is 0.490 e. The van der Waals surface area contributed by atoms with E-state index in [1.807, 2.05) is 6.92 Å². The molecule has 0 radical (unpaired) electrons. The Morgan fingerprint density at radius 1 is 1.33 bits per heavy atom. The molecule has 0 unspecified atom stereocenters. The van der Waals surface area contributed by atoms with Gasteiger partial charge < -0.3 is 9.47 Å². The average molecular weight is 260 g/mol. The molecule has 0 N–H and O–H groups in total. The fourth-order valence-corrected chi connectivity index (χ4v) is 2.00. The predicted molar refractivity (Wildman–Crippen MR) is 60.5 cm³/mol. The molecule has 0 aromatic heterocycles. The Bertz CT molecular complexity index is 403. The molecule has 1 saturated heterocycles. The number of ether oxygens (including phenoxy) is 2. The molecule has 2 nitrogen and oxygen atoms in total. The molecule has 1 aliphatic rings. The molecule has 1 heterocycles. The number of halogens is 3. The first-order valence-electron chi connectivity index (χ1n) is 5.90. The topological polar surface area (TPSA) is 18.5 Å². The molecule has 2 atom stereocenters. The molecule has 0 amide bonds. The van der Waals surface area contributed by atoms with Crippen molar-refractivity contribution in [3.63, 3.8) is 0 Å². The monoisotopic (exact) mass is 260 g/mol. The van der Waals surface area contributed by atoms with Crippen LogP contribution in [0.1, 0.15) is 25.3 Å². The zero-order valence-corrected chi connectivity index (χ0v) is 10.0. The molecule has 0 saturated carbocycles. The number of rotatable bonds is 2. The van der Waals surface area contributed by atoms with Crippen LogP contribution in [0.25, 0.3) is 0 Å². The summed E-state index contributed by atoms with van der Waals surface area (Å²) in [7, 11) is 0. The van der Waals surface area contributed by atoms with Gasteiger partial charge in [0.15, 0.2) is 0 Å². The molecule has 100 valence electrons. The Kier molecular flexibility index (Phi) is 3.80. The SMILES string of the molecule is C[C@H]1C[C@@H](Oc2cccc(C(F)(F)F)c2)CCO1. The molecule has 0 aliphatic carbocycles. The van der Waals surface area contributed by atoms with Gasteiger partial charge in [0.2, 0.25) is 0 Å². The van der Waals surface area contributed by atoms with Crippen LogP contribution in [0.15, 0.2) is 24.3 Å².